The third-order valence-electron chi connectivity index (χ3n) is 2.80. The van der Waals surface area contributed by atoms with Crippen LogP contribution in [0.3, 0.4) is 0 Å². The van der Waals surface area contributed by atoms with Crippen molar-refractivity contribution < 1.29 is 0 Å². The van der Waals surface area contributed by atoms with E-state index in [9.17, 15) is 0 Å². The topological polar surface area (TPSA) is 82.0 Å². The second-order valence-corrected chi connectivity index (χ2v) is 5.51. The summed E-state index contributed by atoms with van der Waals surface area (Å²) in [5.74, 6) is 1.17. The Morgan fingerprint density at radius 2 is 2.21 bits per heavy atom. The number of aromatic nitrogens is 5. The van der Waals surface area contributed by atoms with Crippen LogP contribution in [0.15, 0.2) is 18.3 Å². The zero-order chi connectivity index (χ0) is 13.4. The Bertz CT molecular complexity index is 714. The highest BCUT2D eigenvalue weighted by Gasteiger charge is 2.15. The van der Waals surface area contributed by atoms with Crippen molar-refractivity contribution >= 4 is 16.3 Å². The molecule has 0 spiro atoms. The van der Waals surface area contributed by atoms with Crippen molar-refractivity contribution in [1.29, 1.82) is 0 Å². The first-order chi connectivity index (χ1) is 9.19. The molecule has 98 valence electrons. The van der Waals surface area contributed by atoms with Crippen molar-refractivity contribution in [2.24, 2.45) is 5.73 Å². The van der Waals surface area contributed by atoms with Gasteiger partial charge in [-0.15, -0.1) is 10.2 Å². The zero-order valence-corrected chi connectivity index (χ0v) is 11.6. The largest absolute Gasteiger partial charge is 0.325 e. The van der Waals surface area contributed by atoms with Crippen molar-refractivity contribution in [2.75, 3.05) is 0 Å². The summed E-state index contributed by atoms with van der Waals surface area (Å²) >= 11 is 1.52. The Hall–Kier alpha value is -1.86. The fourth-order valence-electron chi connectivity index (χ4n) is 1.83. The van der Waals surface area contributed by atoms with Gasteiger partial charge in [-0.3, -0.25) is 4.98 Å². The number of nitrogens with two attached hydrogens (primary N) is 1. The van der Waals surface area contributed by atoms with Gasteiger partial charge in [0.2, 0.25) is 4.96 Å². The summed E-state index contributed by atoms with van der Waals surface area (Å²) < 4.78 is 1.81. The molecule has 6 nitrogen and oxygen atoms in total. The molecule has 0 amide bonds. The lowest BCUT2D eigenvalue weighted by molar-refractivity contribution is 0.727. The monoisotopic (exact) mass is 274 g/mol. The third kappa shape index (κ3) is 2.11. The van der Waals surface area contributed by atoms with Crippen molar-refractivity contribution in [3.05, 3.63) is 29.8 Å². The van der Waals surface area contributed by atoms with E-state index in [-0.39, 0.29) is 0 Å². The number of nitrogens with zero attached hydrogens (tertiary/aromatic N) is 5. The average Bonchev–Trinajstić information content (AvgIpc) is 2.98. The van der Waals surface area contributed by atoms with Crippen molar-refractivity contribution in [3.63, 3.8) is 0 Å². The summed E-state index contributed by atoms with van der Waals surface area (Å²) in [7, 11) is 0. The van der Waals surface area contributed by atoms with Crippen LogP contribution in [0.5, 0.6) is 0 Å². The standard InChI is InChI=1S/C12H14N6S/c1-7(2)10-15-16-12-18(10)17-11(19-12)8-3-4-14-9(5-8)6-13/h3-5,7H,6,13H2,1-2H3. The maximum absolute atomic E-state index is 5.61. The molecule has 0 bridgehead atoms. The summed E-state index contributed by atoms with van der Waals surface area (Å²) in [4.78, 5) is 5.00. The molecule has 3 rings (SSSR count). The zero-order valence-electron chi connectivity index (χ0n) is 10.7. The van der Waals surface area contributed by atoms with Gasteiger partial charge >= 0.3 is 0 Å². The van der Waals surface area contributed by atoms with E-state index in [0.29, 0.717) is 12.5 Å². The fourth-order valence-corrected chi connectivity index (χ4v) is 2.67. The van der Waals surface area contributed by atoms with Gasteiger partial charge in [-0.05, 0) is 12.1 Å². The van der Waals surface area contributed by atoms with Gasteiger partial charge in [0.05, 0.1) is 5.69 Å². The van der Waals surface area contributed by atoms with Gasteiger partial charge in [0.1, 0.15) is 5.01 Å². The summed E-state index contributed by atoms with van der Waals surface area (Å²) in [6.07, 6.45) is 1.75. The van der Waals surface area contributed by atoms with E-state index in [4.69, 9.17) is 5.73 Å². The molecule has 0 aromatic carbocycles. The number of rotatable bonds is 3. The Kier molecular flexibility index (Phi) is 3.00. The van der Waals surface area contributed by atoms with Crippen molar-refractivity contribution in [1.82, 2.24) is 24.8 Å². The molecular weight excluding hydrogens is 260 g/mol. The molecule has 3 aromatic rings. The van der Waals surface area contributed by atoms with E-state index in [1.807, 2.05) is 16.6 Å². The van der Waals surface area contributed by atoms with Gasteiger partial charge in [0, 0.05) is 24.2 Å². The normalized spacial score (nSPS) is 11.6. The fraction of sp³-hybridized carbons (Fsp3) is 0.333. The van der Waals surface area contributed by atoms with E-state index < -0.39 is 0 Å². The SMILES string of the molecule is CC(C)c1nnc2sc(-c3ccnc(CN)c3)nn12. The summed E-state index contributed by atoms with van der Waals surface area (Å²) in [5, 5.41) is 13.8. The Morgan fingerprint density at radius 3 is 2.95 bits per heavy atom. The van der Waals surface area contributed by atoms with Crippen molar-refractivity contribution in [2.45, 2.75) is 26.3 Å². The molecule has 2 N–H and O–H groups in total. The molecule has 0 radical (unpaired) electrons. The van der Waals surface area contributed by atoms with Gasteiger partial charge in [-0.1, -0.05) is 25.2 Å². The van der Waals surface area contributed by atoms with Gasteiger partial charge in [0.15, 0.2) is 5.82 Å². The highest BCUT2D eigenvalue weighted by Crippen LogP contribution is 2.26. The third-order valence-corrected chi connectivity index (χ3v) is 3.75. The van der Waals surface area contributed by atoms with Gasteiger partial charge < -0.3 is 5.73 Å². The predicted octanol–water partition coefficient (Wildman–Crippen LogP) is 1.83. The number of pyridine rings is 1. The van der Waals surface area contributed by atoms with Gasteiger partial charge in [-0.2, -0.15) is 9.61 Å². The van der Waals surface area contributed by atoms with Crippen LogP contribution >= 0.6 is 11.3 Å². The molecule has 0 atom stereocenters. The lowest BCUT2D eigenvalue weighted by Gasteiger charge is -1.99. The van der Waals surface area contributed by atoms with Crippen LogP contribution in [0, 0.1) is 0 Å². The van der Waals surface area contributed by atoms with E-state index in [2.05, 4.69) is 34.1 Å². The average molecular weight is 274 g/mol. The second-order valence-electron chi connectivity index (χ2n) is 4.55. The minimum atomic E-state index is 0.294. The van der Waals surface area contributed by atoms with E-state index in [1.54, 1.807) is 6.20 Å². The van der Waals surface area contributed by atoms with Crippen LogP contribution in [0.4, 0.5) is 0 Å². The van der Waals surface area contributed by atoms with Crippen LogP contribution in [-0.2, 0) is 6.54 Å². The van der Waals surface area contributed by atoms with E-state index >= 15 is 0 Å². The molecule has 0 unspecified atom stereocenters. The smallest absolute Gasteiger partial charge is 0.234 e. The number of hydrogen-bond donors (Lipinski definition) is 1. The first-order valence-electron chi connectivity index (χ1n) is 6.06. The maximum Gasteiger partial charge on any atom is 0.234 e. The molecule has 3 heterocycles. The predicted molar refractivity (Wildman–Crippen MR) is 73.9 cm³/mol. The van der Waals surface area contributed by atoms with Crippen LogP contribution < -0.4 is 5.73 Å². The van der Waals surface area contributed by atoms with Crippen LogP contribution in [0.25, 0.3) is 15.5 Å². The van der Waals surface area contributed by atoms with E-state index in [1.165, 1.54) is 11.3 Å². The molecule has 7 heteroatoms. The first kappa shape index (κ1) is 12.2. The first-order valence-corrected chi connectivity index (χ1v) is 6.88. The Balaban J connectivity index is 2.10. The quantitative estimate of drug-likeness (QED) is 0.788. The maximum atomic E-state index is 5.61. The van der Waals surface area contributed by atoms with Crippen LogP contribution in [0.2, 0.25) is 0 Å². The summed E-state index contributed by atoms with van der Waals surface area (Å²) in [6.45, 7) is 4.58. The van der Waals surface area contributed by atoms with Crippen molar-refractivity contribution in [3.8, 4) is 10.6 Å². The molecule has 0 saturated carbocycles. The molecule has 0 saturated heterocycles. The second kappa shape index (κ2) is 4.67. The Morgan fingerprint density at radius 1 is 1.37 bits per heavy atom. The van der Waals surface area contributed by atoms with Crippen LogP contribution in [0.1, 0.15) is 31.3 Å². The van der Waals surface area contributed by atoms with Crippen LogP contribution in [-0.4, -0.2) is 24.8 Å². The molecule has 0 aliphatic rings. The molecule has 3 aromatic heterocycles. The minimum Gasteiger partial charge on any atom is -0.325 e. The Labute approximate surface area is 114 Å². The summed E-state index contributed by atoms with van der Waals surface area (Å²) in [5.41, 5.74) is 7.48. The molecule has 0 aliphatic carbocycles. The molecule has 0 aliphatic heterocycles. The van der Waals surface area contributed by atoms with Gasteiger partial charge in [-0.25, -0.2) is 0 Å². The number of fused-ring (bicyclic) bond motifs is 1. The molecular formula is C12H14N6S. The van der Waals surface area contributed by atoms with Gasteiger partial charge in [0.25, 0.3) is 0 Å². The highest BCUT2D eigenvalue weighted by atomic mass is 32.1. The minimum absolute atomic E-state index is 0.294. The summed E-state index contributed by atoms with van der Waals surface area (Å²) in [6, 6.07) is 3.89. The number of hydrogen-bond acceptors (Lipinski definition) is 6. The lowest BCUT2D eigenvalue weighted by atomic mass is 10.2. The molecule has 19 heavy (non-hydrogen) atoms. The lowest BCUT2D eigenvalue weighted by Crippen LogP contribution is -2.00. The molecule has 0 fully saturated rings. The highest BCUT2D eigenvalue weighted by molar-refractivity contribution is 7.19. The van der Waals surface area contributed by atoms with E-state index in [0.717, 1.165) is 27.1 Å².